The second-order valence-electron chi connectivity index (χ2n) is 17.4. The van der Waals surface area contributed by atoms with Crippen LogP contribution in [0.15, 0.2) is 176 Å². The maximum Gasteiger partial charge on any atom is 0.0541 e. The first-order valence-electron chi connectivity index (χ1n) is 20.8. The lowest BCUT2D eigenvalue weighted by molar-refractivity contribution is 0.516. The van der Waals surface area contributed by atoms with Crippen molar-refractivity contribution in [2.75, 3.05) is 0 Å². The van der Waals surface area contributed by atoms with E-state index in [1.807, 2.05) is 0 Å². The molecule has 1 heteroatoms. The minimum absolute atomic E-state index is 0.134. The van der Waals surface area contributed by atoms with Crippen LogP contribution in [0.1, 0.15) is 78.3 Å². The van der Waals surface area contributed by atoms with Gasteiger partial charge in [-0.3, -0.25) is 0 Å². The molecule has 0 saturated carbocycles. The monoisotopic (exact) mass is 733 g/mol. The van der Waals surface area contributed by atoms with Gasteiger partial charge in [-0.2, -0.15) is 0 Å². The van der Waals surface area contributed by atoms with Gasteiger partial charge in [0.2, 0.25) is 0 Å². The molecule has 3 atom stereocenters. The van der Waals surface area contributed by atoms with Crippen molar-refractivity contribution in [3.8, 4) is 39.1 Å². The van der Waals surface area contributed by atoms with Crippen LogP contribution < -0.4 is 0 Å². The van der Waals surface area contributed by atoms with Gasteiger partial charge in [0.15, 0.2) is 0 Å². The Morgan fingerprint density at radius 3 is 2.16 bits per heavy atom. The third-order valence-electron chi connectivity index (χ3n) is 13.6. The number of aromatic nitrogens is 1. The van der Waals surface area contributed by atoms with E-state index in [-0.39, 0.29) is 5.41 Å². The predicted octanol–water partition coefficient (Wildman–Crippen LogP) is 14.7. The molecule has 0 radical (unpaired) electrons. The summed E-state index contributed by atoms with van der Waals surface area (Å²) in [7, 11) is 0. The Morgan fingerprint density at radius 1 is 0.561 bits per heavy atom. The van der Waals surface area contributed by atoms with Gasteiger partial charge < -0.3 is 4.57 Å². The fourth-order valence-electron chi connectivity index (χ4n) is 10.6. The van der Waals surface area contributed by atoms with Gasteiger partial charge in [0, 0.05) is 22.4 Å². The first-order chi connectivity index (χ1) is 27.9. The summed E-state index contributed by atoms with van der Waals surface area (Å²) in [5, 5.41) is 2.57. The van der Waals surface area contributed by atoms with Crippen molar-refractivity contribution >= 4 is 21.8 Å². The number of hydrogen-bond acceptors (Lipinski definition) is 0. The van der Waals surface area contributed by atoms with Crippen LogP contribution in [-0.2, 0) is 18.3 Å². The van der Waals surface area contributed by atoms with Gasteiger partial charge in [0.25, 0.3) is 0 Å². The van der Waals surface area contributed by atoms with Crippen LogP contribution in [0, 0.1) is 0 Å². The number of nitrogens with zero attached hydrogens (tertiary/aromatic N) is 1. The molecule has 11 rings (SSSR count). The highest BCUT2D eigenvalue weighted by Crippen LogP contribution is 2.49. The van der Waals surface area contributed by atoms with E-state index in [1.165, 1.54) is 94.3 Å². The Hall–Kier alpha value is -6.18. The van der Waals surface area contributed by atoms with Gasteiger partial charge in [-0.25, -0.2) is 0 Å². The van der Waals surface area contributed by atoms with Crippen LogP contribution in [0.3, 0.4) is 0 Å². The van der Waals surface area contributed by atoms with Crippen molar-refractivity contribution in [2.24, 2.45) is 0 Å². The van der Waals surface area contributed by atoms with Crippen molar-refractivity contribution < 1.29 is 0 Å². The van der Waals surface area contributed by atoms with Gasteiger partial charge >= 0.3 is 0 Å². The van der Waals surface area contributed by atoms with Crippen LogP contribution in [-0.4, -0.2) is 4.57 Å². The lowest BCUT2D eigenvalue weighted by Crippen LogP contribution is -2.25. The SMILES string of the molecule is CC1c2ccc(-c3ccc4c(c3)c3ccccc3n4-c3ccc(C4C=CC=CC4)cc3)cc2-c2ccccc2CC1c1ccc2c(c1)-c1ccccc1C(C)(C)C2. The smallest absolute Gasteiger partial charge is 0.0541 e. The van der Waals surface area contributed by atoms with Crippen molar-refractivity contribution in [1.82, 2.24) is 4.57 Å². The van der Waals surface area contributed by atoms with Gasteiger partial charge in [-0.15, -0.1) is 0 Å². The van der Waals surface area contributed by atoms with E-state index in [0.29, 0.717) is 17.8 Å². The highest BCUT2D eigenvalue weighted by molar-refractivity contribution is 6.10. The summed E-state index contributed by atoms with van der Waals surface area (Å²) in [5.41, 5.74) is 20.5. The van der Waals surface area contributed by atoms with E-state index in [1.54, 1.807) is 0 Å². The lowest BCUT2D eigenvalue weighted by atomic mass is 9.69. The zero-order valence-electron chi connectivity index (χ0n) is 33.0. The van der Waals surface area contributed by atoms with Gasteiger partial charge in [0.1, 0.15) is 0 Å². The van der Waals surface area contributed by atoms with Gasteiger partial charge in [-0.05, 0) is 140 Å². The van der Waals surface area contributed by atoms with Crippen molar-refractivity contribution in [2.45, 2.75) is 63.2 Å². The average Bonchev–Trinajstić information content (AvgIpc) is 3.53. The Balaban J connectivity index is 0.987. The number of benzene rings is 7. The zero-order chi connectivity index (χ0) is 38.3. The fraction of sp³-hybridized carbons (Fsp3) is 0.179. The van der Waals surface area contributed by atoms with Crippen LogP contribution in [0.5, 0.6) is 0 Å². The number of para-hydroxylation sites is 1. The quantitative estimate of drug-likeness (QED) is 0.170. The van der Waals surface area contributed by atoms with Crippen molar-refractivity contribution in [3.63, 3.8) is 0 Å². The summed E-state index contributed by atoms with van der Waals surface area (Å²) in [6.07, 6.45) is 12.0. The number of rotatable bonds is 4. The number of fused-ring (bicyclic) bond motifs is 9. The largest absolute Gasteiger partial charge is 0.309 e. The topological polar surface area (TPSA) is 4.93 Å². The molecule has 276 valence electrons. The summed E-state index contributed by atoms with van der Waals surface area (Å²) in [4.78, 5) is 0. The molecule has 0 saturated heterocycles. The molecule has 0 amide bonds. The highest BCUT2D eigenvalue weighted by Gasteiger charge is 2.33. The van der Waals surface area contributed by atoms with E-state index in [4.69, 9.17) is 0 Å². The molecule has 8 aromatic rings. The minimum atomic E-state index is 0.134. The second-order valence-corrected chi connectivity index (χ2v) is 17.4. The first-order valence-corrected chi connectivity index (χ1v) is 20.8. The number of allylic oxidation sites excluding steroid dienone is 4. The molecule has 1 heterocycles. The molecular formula is C56H47N. The van der Waals surface area contributed by atoms with E-state index in [9.17, 15) is 0 Å². The summed E-state index contributed by atoms with van der Waals surface area (Å²) >= 11 is 0. The average molecular weight is 734 g/mol. The molecule has 0 N–H and O–H groups in total. The summed E-state index contributed by atoms with van der Waals surface area (Å²) in [5.74, 6) is 1.17. The molecule has 7 aromatic carbocycles. The zero-order valence-corrected chi connectivity index (χ0v) is 33.0. The summed E-state index contributed by atoms with van der Waals surface area (Å²) < 4.78 is 2.43. The van der Waals surface area contributed by atoms with E-state index in [0.717, 1.165) is 19.3 Å². The van der Waals surface area contributed by atoms with E-state index >= 15 is 0 Å². The van der Waals surface area contributed by atoms with Crippen molar-refractivity contribution in [1.29, 1.82) is 0 Å². The molecule has 3 unspecified atom stereocenters. The Kier molecular flexibility index (Phi) is 7.90. The summed E-state index contributed by atoms with van der Waals surface area (Å²) in [6.45, 7) is 7.24. The standard InChI is InChI=1S/C56H47N/c1-36-45-29-25-39(40-26-30-55-52(32-40)48-18-10-12-20-54(48)57(55)44-27-23-38(24-28-44)37-13-5-4-6-14-37)31-51(45)46-16-8-7-15-41(46)33-49(36)42-21-22-43-35-56(2,3)53-19-11-9-17-47(53)50(43)34-42/h4-13,15-32,34,36-37,49H,14,33,35H2,1-3H3. The van der Waals surface area contributed by atoms with Gasteiger partial charge in [-0.1, -0.05) is 160 Å². The summed E-state index contributed by atoms with van der Waals surface area (Å²) in [6, 6.07) is 58.1. The van der Waals surface area contributed by atoms with Crippen molar-refractivity contribution in [3.05, 3.63) is 209 Å². The first kappa shape index (κ1) is 34.1. The van der Waals surface area contributed by atoms with Crippen LogP contribution >= 0.6 is 0 Å². The van der Waals surface area contributed by atoms with Crippen LogP contribution in [0.2, 0.25) is 0 Å². The van der Waals surface area contributed by atoms with Crippen LogP contribution in [0.25, 0.3) is 60.9 Å². The molecule has 3 aliphatic rings. The molecule has 0 spiro atoms. The maximum atomic E-state index is 2.54. The molecular weight excluding hydrogens is 687 g/mol. The Bertz CT molecular complexity index is 2930. The minimum Gasteiger partial charge on any atom is -0.309 e. The van der Waals surface area contributed by atoms with Crippen LogP contribution in [0.4, 0.5) is 0 Å². The third kappa shape index (κ3) is 5.59. The second kappa shape index (κ2) is 13.2. The predicted molar refractivity (Wildman–Crippen MR) is 241 cm³/mol. The molecule has 3 aliphatic carbocycles. The molecule has 1 nitrogen and oxygen atoms in total. The van der Waals surface area contributed by atoms with Gasteiger partial charge in [0.05, 0.1) is 11.0 Å². The Labute approximate surface area is 336 Å². The lowest BCUT2D eigenvalue weighted by Gasteiger charge is -2.35. The molecule has 0 bridgehead atoms. The molecule has 0 fully saturated rings. The fourth-order valence-corrected chi connectivity index (χ4v) is 10.6. The highest BCUT2D eigenvalue weighted by atomic mass is 15.0. The molecule has 57 heavy (non-hydrogen) atoms. The molecule has 0 aliphatic heterocycles. The Morgan fingerprint density at radius 2 is 1.30 bits per heavy atom. The molecule has 1 aromatic heterocycles. The number of hydrogen-bond donors (Lipinski definition) is 0. The van der Waals surface area contributed by atoms with E-state index in [2.05, 4.69) is 201 Å². The normalized spacial score (nSPS) is 19.1. The third-order valence-corrected chi connectivity index (χ3v) is 13.6. The maximum absolute atomic E-state index is 2.54. The van der Waals surface area contributed by atoms with E-state index < -0.39 is 0 Å².